The molecule has 2 fully saturated rings. The number of hydrogen-bond acceptors (Lipinski definition) is 7. The van der Waals surface area contributed by atoms with E-state index < -0.39 is 0 Å². The Labute approximate surface area is 152 Å². The van der Waals surface area contributed by atoms with Gasteiger partial charge in [0.25, 0.3) is 11.1 Å². The predicted molar refractivity (Wildman–Crippen MR) is 95.6 cm³/mol. The maximum Gasteiger partial charge on any atom is 0.289 e. The summed E-state index contributed by atoms with van der Waals surface area (Å²) in [4.78, 5) is 38.1. The molecule has 4 rings (SSSR count). The van der Waals surface area contributed by atoms with E-state index in [-0.39, 0.29) is 34.9 Å². The maximum atomic E-state index is 12.7. The Kier molecular flexibility index (Phi) is 4.43. The van der Waals surface area contributed by atoms with E-state index in [0.29, 0.717) is 11.1 Å². The molecule has 1 saturated carbocycles. The fraction of sp³-hybridized carbons (Fsp3) is 0.438. The van der Waals surface area contributed by atoms with Gasteiger partial charge in [-0.1, -0.05) is 24.6 Å². The number of thioether (sulfide) groups is 1. The van der Waals surface area contributed by atoms with Crippen molar-refractivity contribution >= 4 is 51.6 Å². The first-order valence-corrected chi connectivity index (χ1v) is 9.87. The van der Waals surface area contributed by atoms with E-state index in [2.05, 4.69) is 14.1 Å². The number of imide groups is 1. The molecule has 1 aliphatic heterocycles. The Morgan fingerprint density at radius 2 is 1.96 bits per heavy atom. The molecular weight excluding hydrogens is 360 g/mol. The highest BCUT2D eigenvalue weighted by Crippen LogP contribution is 2.30. The van der Waals surface area contributed by atoms with E-state index in [1.165, 1.54) is 4.90 Å². The molecule has 9 heteroatoms. The summed E-state index contributed by atoms with van der Waals surface area (Å²) >= 11 is 2.15. The molecule has 1 aliphatic carbocycles. The molecule has 1 aromatic heterocycles. The Hall–Kier alpha value is -2.00. The molecule has 130 valence electrons. The molecule has 1 aromatic carbocycles. The minimum Gasteiger partial charge on any atom is -0.347 e. The Morgan fingerprint density at radius 3 is 2.76 bits per heavy atom. The number of fused-ring (bicyclic) bond motifs is 1. The number of nitrogens with zero attached hydrogens (tertiary/aromatic N) is 3. The standard InChI is InChI=1S/C16H16N4O3S2/c21-14-8-24-16(23)20(14)13-4-2-1-3-11(13)17-15(22)9-5-6-10-12(7-9)19-25-18-10/h5-7,11,13H,1-4,8H2,(H,17,22). The van der Waals surface area contributed by atoms with Gasteiger partial charge in [0.2, 0.25) is 5.91 Å². The van der Waals surface area contributed by atoms with Gasteiger partial charge in [0.1, 0.15) is 11.0 Å². The van der Waals surface area contributed by atoms with E-state index in [1.807, 2.05) is 0 Å². The summed E-state index contributed by atoms with van der Waals surface area (Å²) in [6, 6.07) is 4.75. The van der Waals surface area contributed by atoms with Crippen molar-refractivity contribution in [2.24, 2.45) is 0 Å². The molecule has 0 spiro atoms. The van der Waals surface area contributed by atoms with Gasteiger partial charge in [-0.3, -0.25) is 19.3 Å². The van der Waals surface area contributed by atoms with Gasteiger partial charge >= 0.3 is 0 Å². The van der Waals surface area contributed by atoms with Crippen LogP contribution in [0.2, 0.25) is 0 Å². The van der Waals surface area contributed by atoms with Gasteiger partial charge in [-0.15, -0.1) is 0 Å². The lowest BCUT2D eigenvalue weighted by Gasteiger charge is -2.36. The quantitative estimate of drug-likeness (QED) is 0.884. The van der Waals surface area contributed by atoms with E-state index in [9.17, 15) is 14.4 Å². The van der Waals surface area contributed by atoms with Crippen LogP contribution in [0.4, 0.5) is 4.79 Å². The number of nitrogens with one attached hydrogen (secondary N) is 1. The van der Waals surface area contributed by atoms with E-state index in [4.69, 9.17) is 0 Å². The van der Waals surface area contributed by atoms with Crippen molar-refractivity contribution in [2.45, 2.75) is 37.8 Å². The summed E-state index contributed by atoms with van der Waals surface area (Å²) in [5.41, 5.74) is 1.97. The Bertz CT molecular complexity index is 837. The van der Waals surface area contributed by atoms with E-state index in [1.54, 1.807) is 18.2 Å². The second-order valence-corrected chi connectivity index (χ2v) is 7.67. The molecule has 1 saturated heterocycles. The zero-order valence-corrected chi connectivity index (χ0v) is 14.9. The smallest absolute Gasteiger partial charge is 0.289 e. The van der Waals surface area contributed by atoms with Gasteiger partial charge in [-0.05, 0) is 31.0 Å². The first-order valence-electron chi connectivity index (χ1n) is 8.15. The average molecular weight is 376 g/mol. The minimum atomic E-state index is -0.252. The first-order chi connectivity index (χ1) is 12.1. The normalized spacial score (nSPS) is 24.1. The maximum absolute atomic E-state index is 12.7. The average Bonchev–Trinajstić information content (AvgIpc) is 3.21. The summed E-state index contributed by atoms with van der Waals surface area (Å²) in [7, 11) is 0. The van der Waals surface area contributed by atoms with E-state index in [0.717, 1.165) is 54.7 Å². The number of hydrogen-bond donors (Lipinski definition) is 1. The third-order valence-electron chi connectivity index (χ3n) is 4.68. The van der Waals surface area contributed by atoms with Crippen LogP contribution < -0.4 is 5.32 Å². The number of rotatable bonds is 3. The molecule has 2 heterocycles. The molecular formula is C16H16N4O3S2. The van der Waals surface area contributed by atoms with Gasteiger partial charge in [0.15, 0.2) is 0 Å². The summed E-state index contributed by atoms with van der Waals surface area (Å²) in [5, 5.41) is 2.82. The van der Waals surface area contributed by atoms with Gasteiger partial charge in [0.05, 0.1) is 29.6 Å². The third kappa shape index (κ3) is 3.13. The molecule has 1 N–H and O–H groups in total. The third-order valence-corrected chi connectivity index (χ3v) is 6.07. The molecule has 25 heavy (non-hydrogen) atoms. The second kappa shape index (κ2) is 6.72. The van der Waals surface area contributed by atoms with Crippen LogP contribution >= 0.6 is 23.5 Å². The second-order valence-electron chi connectivity index (χ2n) is 6.22. The Morgan fingerprint density at radius 1 is 1.16 bits per heavy atom. The van der Waals surface area contributed by atoms with Crippen molar-refractivity contribution in [3.63, 3.8) is 0 Å². The summed E-state index contributed by atoms with van der Waals surface area (Å²) in [5.74, 6) is -0.168. The summed E-state index contributed by atoms with van der Waals surface area (Å²) in [6.45, 7) is 0. The van der Waals surface area contributed by atoms with Crippen LogP contribution in [0.15, 0.2) is 18.2 Å². The topological polar surface area (TPSA) is 92.3 Å². The highest BCUT2D eigenvalue weighted by atomic mass is 32.2. The molecule has 0 bridgehead atoms. The van der Waals surface area contributed by atoms with Crippen molar-refractivity contribution in [3.8, 4) is 0 Å². The highest BCUT2D eigenvalue weighted by molar-refractivity contribution is 8.14. The zero-order valence-electron chi connectivity index (χ0n) is 13.3. The summed E-state index contributed by atoms with van der Waals surface area (Å²) in [6.07, 6.45) is 3.42. The lowest BCUT2D eigenvalue weighted by Crippen LogP contribution is -2.54. The number of benzene rings is 1. The fourth-order valence-electron chi connectivity index (χ4n) is 3.45. The lowest BCUT2D eigenvalue weighted by molar-refractivity contribution is -0.127. The highest BCUT2D eigenvalue weighted by Gasteiger charge is 2.41. The van der Waals surface area contributed by atoms with Gasteiger partial charge < -0.3 is 5.32 Å². The first kappa shape index (κ1) is 16.5. The SMILES string of the molecule is O=C(NC1CCCCC1N1C(=O)CSC1=O)c1ccc2nsnc2c1. The molecule has 3 amide bonds. The number of carbonyl (C=O) groups excluding carboxylic acids is 3. The molecule has 2 aromatic rings. The number of carbonyl (C=O) groups is 3. The largest absolute Gasteiger partial charge is 0.347 e. The number of amides is 3. The van der Waals surface area contributed by atoms with Crippen LogP contribution in [0.1, 0.15) is 36.0 Å². The zero-order chi connectivity index (χ0) is 17.4. The molecule has 7 nitrogen and oxygen atoms in total. The van der Waals surface area contributed by atoms with Crippen LogP contribution in [0.5, 0.6) is 0 Å². The van der Waals surface area contributed by atoms with Gasteiger partial charge in [0, 0.05) is 5.56 Å². The van der Waals surface area contributed by atoms with Crippen LogP contribution in [-0.4, -0.2) is 48.5 Å². The van der Waals surface area contributed by atoms with Gasteiger partial charge in [-0.25, -0.2) is 0 Å². The fourth-order valence-corrected chi connectivity index (χ4v) is 4.73. The van der Waals surface area contributed by atoms with Crippen molar-refractivity contribution in [2.75, 3.05) is 5.75 Å². The predicted octanol–water partition coefficient (Wildman–Crippen LogP) is 2.43. The van der Waals surface area contributed by atoms with Crippen molar-refractivity contribution < 1.29 is 14.4 Å². The minimum absolute atomic E-state index is 0.156. The molecule has 0 radical (unpaired) electrons. The van der Waals surface area contributed by atoms with Crippen molar-refractivity contribution in [3.05, 3.63) is 23.8 Å². The number of aromatic nitrogens is 2. The van der Waals surface area contributed by atoms with Crippen LogP contribution in [0.3, 0.4) is 0 Å². The van der Waals surface area contributed by atoms with Crippen molar-refractivity contribution in [1.82, 2.24) is 19.0 Å². The lowest BCUT2D eigenvalue weighted by atomic mass is 9.89. The van der Waals surface area contributed by atoms with Crippen molar-refractivity contribution in [1.29, 1.82) is 0 Å². The van der Waals surface area contributed by atoms with Gasteiger partial charge in [-0.2, -0.15) is 8.75 Å². The van der Waals surface area contributed by atoms with E-state index >= 15 is 0 Å². The van der Waals surface area contributed by atoms with Crippen LogP contribution in [-0.2, 0) is 4.79 Å². The summed E-state index contributed by atoms with van der Waals surface area (Å²) < 4.78 is 8.29. The molecule has 2 unspecified atom stereocenters. The molecule has 2 atom stereocenters. The van der Waals surface area contributed by atoms with Crippen LogP contribution in [0.25, 0.3) is 11.0 Å². The monoisotopic (exact) mass is 376 g/mol. The molecule has 2 aliphatic rings. The van der Waals surface area contributed by atoms with Crippen LogP contribution in [0, 0.1) is 0 Å². The Balaban J connectivity index is 1.53.